The molecule has 3 rings (SSSR count). The minimum absolute atomic E-state index is 0.469. The highest BCUT2D eigenvalue weighted by molar-refractivity contribution is 6.05. The zero-order chi connectivity index (χ0) is 10.3. The first-order chi connectivity index (χ1) is 7.42. The molecular formula is C13H8O2. The summed E-state index contributed by atoms with van der Waals surface area (Å²) in [6.07, 6.45) is 0. The minimum atomic E-state index is 0.469. The van der Waals surface area contributed by atoms with Gasteiger partial charge >= 0.3 is 0 Å². The average Bonchev–Trinajstić information content (AvgIpc) is 2.26. The summed E-state index contributed by atoms with van der Waals surface area (Å²) in [7, 11) is 0. The fraction of sp³-hybridized carbons (Fsp3) is 0. The topological polar surface area (TPSA) is 26.3 Å². The molecule has 0 spiro atoms. The molecule has 72 valence electrons. The number of carbonyl (C=O) groups is 1. The summed E-state index contributed by atoms with van der Waals surface area (Å²) in [6, 6.07) is 13.8. The second-order valence-electron chi connectivity index (χ2n) is 3.44. The van der Waals surface area contributed by atoms with Gasteiger partial charge in [0.15, 0.2) is 0 Å². The van der Waals surface area contributed by atoms with Gasteiger partial charge in [0, 0.05) is 5.56 Å². The molecule has 0 radical (unpaired) electrons. The van der Waals surface area contributed by atoms with Crippen LogP contribution in [0.25, 0.3) is 22.3 Å². The van der Waals surface area contributed by atoms with Crippen LogP contribution in [-0.4, -0.2) is 6.47 Å². The lowest BCUT2D eigenvalue weighted by atomic mass is 9.80. The van der Waals surface area contributed by atoms with Gasteiger partial charge in [-0.25, -0.2) is 0 Å². The summed E-state index contributed by atoms with van der Waals surface area (Å²) in [5.41, 5.74) is 4.58. The highest BCUT2D eigenvalue weighted by Gasteiger charge is 2.24. The van der Waals surface area contributed by atoms with Crippen molar-refractivity contribution in [2.24, 2.45) is 0 Å². The fourth-order valence-corrected chi connectivity index (χ4v) is 2.06. The minimum Gasteiger partial charge on any atom is -0.428 e. The largest absolute Gasteiger partial charge is 0.428 e. The third-order valence-electron chi connectivity index (χ3n) is 2.69. The summed E-state index contributed by atoms with van der Waals surface area (Å²) in [6.45, 7) is 0.469. The van der Waals surface area contributed by atoms with Gasteiger partial charge in [-0.2, -0.15) is 0 Å². The van der Waals surface area contributed by atoms with Gasteiger partial charge in [0.05, 0.1) is 0 Å². The SMILES string of the molecule is O=COc1cccc2c1-c1ccccc1-2. The summed E-state index contributed by atoms with van der Waals surface area (Å²) in [4.78, 5) is 10.4. The van der Waals surface area contributed by atoms with E-state index in [0.717, 1.165) is 16.7 Å². The van der Waals surface area contributed by atoms with E-state index < -0.39 is 0 Å². The van der Waals surface area contributed by atoms with Gasteiger partial charge in [0.1, 0.15) is 5.75 Å². The normalized spacial score (nSPS) is 10.9. The Bertz CT molecular complexity index is 544. The van der Waals surface area contributed by atoms with Crippen molar-refractivity contribution >= 4 is 6.47 Å². The van der Waals surface area contributed by atoms with E-state index in [-0.39, 0.29) is 0 Å². The lowest BCUT2D eigenvalue weighted by Gasteiger charge is -2.25. The van der Waals surface area contributed by atoms with E-state index in [0.29, 0.717) is 12.2 Å². The van der Waals surface area contributed by atoms with Crippen molar-refractivity contribution in [2.75, 3.05) is 0 Å². The van der Waals surface area contributed by atoms with E-state index in [4.69, 9.17) is 4.74 Å². The number of hydrogen-bond donors (Lipinski definition) is 0. The molecule has 0 saturated heterocycles. The van der Waals surface area contributed by atoms with Crippen LogP contribution in [0.3, 0.4) is 0 Å². The van der Waals surface area contributed by atoms with Crippen LogP contribution in [0.4, 0.5) is 0 Å². The van der Waals surface area contributed by atoms with Crippen molar-refractivity contribution < 1.29 is 9.53 Å². The number of benzene rings is 2. The van der Waals surface area contributed by atoms with Crippen LogP contribution in [-0.2, 0) is 4.79 Å². The third kappa shape index (κ3) is 1.02. The van der Waals surface area contributed by atoms with Crippen LogP contribution >= 0.6 is 0 Å². The van der Waals surface area contributed by atoms with Crippen molar-refractivity contribution in [3.8, 4) is 28.0 Å². The Morgan fingerprint density at radius 2 is 1.60 bits per heavy atom. The molecule has 0 bridgehead atoms. The van der Waals surface area contributed by atoms with E-state index in [9.17, 15) is 4.79 Å². The highest BCUT2D eigenvalue weighted by Crippen LogP contribution is 2.51. The predicted octanol–water partition coefficient (Wildman–Crippen LogP) is 2.87. The molecule has 0 aromatic heterocycles. The molecule has 1 aliphatic carbocycles. The van der Waals surface area contributed by atoms with Crippen LogP contribution in [0.1, 0.15) is 0 Å². The highest BCUT2D eigenvalue weighted by atomic mass is 16.5. The Morgan fingerprint density at radius 1 is 0.867 bits per heavy atom. The third-order valence-corrected chi connectivity index (χ3v) is 2.69. The maximum atomic E-state index is 10.4. The molecule has 2 nitrogen and oxygen atoms in total. The molecule has 0 aliphatic heterocycles. The molecule has 0 unspecified atom stereocenters. The van der Waals surface area contributed by atoms with Crippen molar-refractivity contribution in [3.63, 3.8) is 0 Å². The average molecular weight is 196 g/mol. The summed E-state index contributed by atoms with van der Waals surface area (Å²) >= 11 is 0. The monoisotopic (exact) mass is 196 g/mol. The van der Waals surface area contributed by atoms with Crippen LogP contribution in [0.15, 0.2) is 42.5 Å². The Morgan fingerprint density at radius 3 is 2.40 bits per heavy atom. The maximum absolute atomic E-state index is 10.4. The van der Waals surface area contributed by atoms with Crippen LogP contribution in [0.2, 0.25) is 0 Å². The quantitative estimate of drug-likeness (QED) is 0.589. The van der Waals surface area contributed by atoms with Gasteiger partial charge in [0.25, 0.3) is 6.47 Å². The number of carbonyl (C=O) groups excluding carboxylic acids is 1. The van der Waals surface area contributed by atoms with Gasteiger partial charge in [-0.15, -0.1) is 0 Å². The summed E-state index contributed by atoms with van der Waals surface area (Å²) < 4.78 is 4.95. The van der Waals surface area contributed by atoms with Crippen molar-refractivity contribution in [3.05, 3.63) is 42.5 Å². The van der Waals surface area contributed by atoms with Crippen LogP contribution < -0.4 is 4.74 Å². The van der Waals surface area contributed by atoms with E-state index in [2.05, 4.69) is 6.07 Å². The van der Waals surface area contributed by atoms with Gasteiger partial charge in [-0.05, 0) is 22.8 Å². The number of rotatable bonds is 2. The standard InChI is InChI=1S/C13H8O2/c14-8-15-12-7-3-6-11-9-4-1-2-5-10(9)13(11)12/h1-8H. The first-order valence-corrected chi connectivity index (χ1v) is 4.75. The molecule has 2 aromatic rings. The molecule has 2 heteroatoms. The lowest BCUT2D eigenvalue weighted by Crippen LogP contribution is -2.01. The fourth-order valence-electron chi connectivity index (χ4n) is 2.06. The number of hydrogen-bond acceptors (Lipinski definition) is 2. The second kappa shape index (κ2) is 2.95. The zero-order valence-corrected chi connectivity index (χ0v) is 7.94. The lowest BCUT2D eigenvalue weighted by molar-refractivity contribution is -0.120. The van der Waals surface area contributed by atoms with Gasteiger partial charge in [-0.1, -0.05) is 36.4 Å². The smallest absolute Gasteiger partial charge is 0.298 e. The van der Waals surface area contributed by atoms with Crippen LogP contribution in [0.5, 0.6) is 5.75 Å². The molecule has 0 N–H and O–H groups in total. The Kier molecular flexibility index (Phi) is 1.62. The first kappa shape index (κ1) is 8.24. The Hall–Kier alpha value is -2.09. The molecule has 1 aliphatic rings. The van der Waals surface area contributed by atoms with Crippen molar-refractivity contribution in [1.82, 2.24) is 0 Å². The van der Waals surface area contributed by atoms with E-state index >= 15 is 0 Å². The molecular weight excluding hydrogens is 188 g/mol. The molecule has 2 aromatic carbocycles. The predicted molar refractivity (Wildman–Crippen MR) is 57.6 cm³/mol. The number of ether oxygens (including phenoxy) is 1. The van der Waals surface area contributed by atoms with Gasteiger partial charge in [-0.3, -0.25) is 4.79 Å². The summed E-state index contributed by atoms with van der Waals surface area (Å²) in [5, 5.41) is 0. The van der Waals surface area contributed by atoms with E-state index in [1.54, 1.807) is 0 Å². The molecule has 15 heavy (non-hydrogen) atoms. The second-order valence-corrected chi connectivity index (χ2v) is 3.44. The number of fused-ring (bicyclic) bond motifs is 4. The van der Waals surface area contributed by atoms with Gasteiger partial charge in [0.2, 0.25) is 0 Å². The van der Waals surface area contributed by atoms with Crippen LogP contribution in [0, 0.1) is 0 Å². The molecule has 0 atom stereocenters. The molecule has 0 saturated carbocycles. The first-order valence-electron chi connectivity index (χ1n) is 4.75. The zero-order valence-electron chi connectivity index (χ0n) is 7.94. The molecule has 0 heterocycles. The summed E-state index contributed by atoms with van der Waals surface area (Å²) in [5.74, 6) is 0.640. The van der Waals surface area contributed by atoms with Crippen molar-refractivity contribution in [1.29, 1.82) is 0 Å². The molecule has 0 fully saturated rings. The Balaban J connectivity index is 2.20. The maximum Gasteiger partial charge on any atom is 0.298 e. The van der Waals surface area contributed by atoms with Crippen molar-refractivity contribution in [2.45, 2.75) is 0 Å². The Labute approximate surface area is 87.1 Å². The van der Waals surface area contributed by atoms with E-state index in [1.807, 2.05) is 36.4 Å². The molecule has 0 amide bonds. The van der Waals surface area contributed by atoms with Gasteiger partial charge < -0.3 is 4.74 Å². The van der Waals surface area contributed by atoms with E-state index in [1.165, 1.54) is 5.56 Å².